The van der Waals surface area contributed by atoms with Crippen LogP contribution in [0.3, 0.4) is 0 Å². The molecule has 1 heteroatoms. The van der Waals surface area contributed by atoms with Crippen LogP contribution in [0.4, 0.5) is 5.69 Å². The number of hydrogen-bond donors (Lipinski definition) is 0. The molecule has 1 aromatic rings. The van der Waals surface area contributed by atoms with Gasteiger partial charge in [-0.2, -0.15) is 0 Å². The van der Waals surface area contributed by atoms with E-state index in [4.69, 9.17) is 0 Å². The van der Waals surface area contributed by atoms with Crippen LogP contribution < -0.4 is 10.4 Å². The summed E-state index contributed by atoms with van der Waals surface area (Å²) in [5, 5.41) is 2.51. The lowest BCUT2D eigenvalue weighted by Gasteiger charge is -1.93. The molecule has 1 heterocycles. The van der Waals surface area contributed by atoms with Crippen LogP contribution in [0.5, 0.6) is 0 Å². The molecule has 3 rings (SSSR count). The number of rotatable bonds is 0. The molecule has 0 radical (unpaired) electrons. The molecular weight excluding hydrogens is 146 g/mol. The number of nitrogens with zero attached hydrogens (tertiary/aromatic N) is 1. The van der Waals surface area contributed by atoms with Crippen molar-refractivity contribution in [3.8, 4) is 0 Å². The second-order valence-electron chi connectivity index (χ2n) is 3.01. The van der Waals surface area contributed by atoms with Crippen LogP contribution in [-0.4, -0.2) is 6.21 Å². The third kappa shape index (κ3) is 0.654. The Bertz CT molecular complexity index is 469. The first-order chi connectivity index (χ1) is 5.93. The molecule has 0 atom stereocenters. The van der Waals surface area contributed by atoms with Crippen molar-refractivity contribution in [2.24, 2.45) is 4.99 Å². The lowest BCUT2D eigenvalue weighted by atomic mass is 10.1. The molecule has 0 spiro atoms. The highest BCUT2D eigenvalue weighted by Gasteiger charge is 2.02. The minimum absolute atomic E-state index is 1.09. The first kappa shape index (κ1) is 5.95. The van der Waals surface area contributed by atoms with E-state index < -0.39 is 0 Å². The quantitative estimate of drug-likeness (QED) is 0.527. The Kier molecular flexibility index (Phi) is 0.965. The maximum Gasteiger partial charge on any atom is 0.0708 e. The average Bonchev–Trinajstić information content (AvgIpc) is 2.64. The lowest BCUT2D eigenvalue weighted by Crippen LogP contribution is -2.09. The molecule has 0 saturated carbocycles. The van der Waals surface area contributed by atoms with E-state index in [0.717, 1.165) is 5.69 Å². The van der Waals surface area contributed by atoms with Crippen LogP contribution in [0, 0.1) is 0 Å². The number of aliphatic imine (C=N–C) groups is 1. The largest absolute Gasteiger partial charge is 0.256 e. The smallest absolute Gasteiger partial charge is 0.0708 e. The fourth-order valence-electron chi connectivity index (χ4n) is 1.63. The van der Waals surface area contributed by atoms with Crippen LogP contribution in [0.15, 0.2) is 23.2 Å². The van der Waals surface area contributed by atoms with E-state index in [0.29, 0.717) is 0 Å². The zero-order valence-corrected chi connectivity index (χ0v) is 6.49. The Labute approximate surface area is 70.1 Å². The number of fused-ring (bicyclic) bond motifs is 2. The molecular formula is C11H7N. The second-order valence-corrected chi connectivity index (χ2v) is 3.01. The van der Waals surface area contributed by atoms with Gasteiger partial charge in [0.05, 0.1) is 5.69 Å². The maximum absolute atomic E-state index is 4.25. The Morgan fingerprint density at radius 2 is 2.00 bits per heavy atom. The molecule has 0 bridgehead atoms. The first-order valence-corrected chi connectivity index (χ1v) is 4.00. The second kappa shape index (κ2) is 1.95. The monoisotopic (exact) mass is 153 g/mol. The number of benzene rings is 1. The fraction of sp³-hybridized carbons (Fsp3) is 0. The zero-order valence-electron chi connectivity index (χ0n) is 6.49. The predicted molar refractivity (Wildman–Crippen MR) is 51.8 cm³/mol. The highest BCUT2D eigenvalue weighted by atomic mass is 14.7. The average molecular weight is 153 g/mol. The van der Waals surface area contributed by atoms with Gasteiger partial charge < -0.3 is 0 Å². The van der Waals surface area contributed by atoms with E-state index in [-0.39, 0.29) is 0 Å². The van der Waals surface area contributed by atoms with Crippen molar-refractivity contribution in [3.05, 3.63) is 34.2 Å². The molecule has 0 saturated heterocycles. The summed E-state index contributed by atoms with van der Waals surface area (Å²) in [6.07, 6.45) is 10.2. The molecule has 12 heavy (non-hydrogen) atoms. The minimum Gasteiger partial charge on any atom is -0.256 e. The van der Waals surface area contributed by atoms with E-state index in [1.165, 1.54) is 16.0 Å². The Hall–Kier alpha value is -1.63. The molecule has 2 aliphatic rings. The fourth-order valence-corrected chi connectivity index (χ4v) is 1.63. The van der Waals surface area contributed by atoms with Gasteiger partial charge in [-0.1, -0.05) is 18.2 Å². The number of allylic oxidation sites excluding steroid dienone is 1. The van der Waals surface area contributed by atoms with E-state index in [9.17, 15) is 0 Å². The van der Waals surface area contributed by atoms with Crippen molar-refractivity contribution in [1.29, 1.82) is 0 Å². The molecule has 0 aromatic heterocycles. The molecule has 1 aliphatic carbocycles. The zero-order chi connectivity index (χ0) is 7.97. The molecule has 0 fully saturated rings. The third-order valence-corrected chi connectivity index (χ3v) is 2.25. The van der Waals surface area contributed by atoms with Crippen molar-refractivity contribution in [1.82, 2.24) is 0 Å². The van der Waals surface area contributed by atoms with Crippen LogP contribution >= 0.6 is 0 Å². The summed E-state index contributed by atoms with van der Waals surface area (Å²) < 4.78 is 0. The molecule has 0 amide bonds. The SMILES string of the molecule is C1=Cc2cc3c(cc2=C1)N=CC=3. The third-order valence-electron chi connectivity index (χ3n) is 2.25. The molecule has 56 valence electrons. The van der Waals surface area contributed by atoms with Crippen molar-refractivity contribution < 1.29 is 0 Å². The summed E-state index contributed by atoms with van der Waals surface area (Å²) in [7, 11) is 0. The molecule has 1 nitrogen and oxygen atoms in total. The lowest BCUT2D eigenvalue weighted by molar-refractivity contribution is 1.47. The van der Waals surface area contributed by atoms with Crippen LogP contribution in [0.1, 0.15) is 5.56 Å². The standard InChI is InChI=1S/C11H7N/c1-2-8-6-10-4-5-12-11(10)7-9(8)3-1/h1-7H. The summed E-state index contributed by atoms with van der Waals surface area (Å²) in [6.45, 7) is 0. The van der Waals surface area contributed by atoms with Crippen LogP contribution in [-0.2, 0) is 0 Å². The Morgan fingerprint density at radius 3 is 3.00 bits per heavy atom. The van der Waals surface area contributed by atoms with Gasteiger partial charge in [0.15, 0.2) is 0 Å². The van der Waals surface area contributed by atoms with Gasteiger partial charge in [-0.25, -0.2) is 0 Å². The highest BCUT2D eigenvalue weighted by molar-refractivity contribution is 5.97. The van der Waals surface area contributed by atoms with E-state index in [1.54, 1.807) is 0 Å². The molecule has 1 aromatic carbocycles. The van der Waals surface area contributed by atoms with Crippen LogP contribution in [0.25, 0.3) is 18.2 Å². The Morgan fingerprint density at radius 1 is 1.00 bits per heavy atom. The minimum atomic E-state index is 1.09. The Balaban J connectivity index is 2.50. The van der Waals surface area contributed by atoms with Gasteiger partial charge in [-0.15, -0.1) is 0 Å². The molecule has 0 N–H and O–H groups in total. The van der Waals surface area contributed by atoms with Crippen molar-refractivity contribution >= 4 is 30.1 Å². The van der Waals surface area contributed by atoms with Crippen molar-refractivity contribution in [2.45, 2.75) is 0 Å². The summed E-state index contributed by atoms with van der Waals surface area (Å²) in [6, 6.07) is 4.31. The van der Waals surface area contributed by atoms with Gasteiger partial charge in [0.25, 0.3) is 0 Å². The summed E-state index contributed by atoms with van der Waals surface area (Å²) >= 11 is 0. The predicted octanol–water partition coefficient (Wildman–Crippen LogP) is 0.990. The van der Waals surface area contributed by atoms with Gasteiger partial charge in [0.1, 0.15) is 0 Å². The summed E-state index contributed by atoms with van der Waals surface area (Å²) in [5.41, 5.74) is 2.39. The van der Waals surface area contributed by atoms with E-state index in [1.807, 2.05) is 12.3 Å². The van der Waals surface area contributed by atoms with Gasteiger partial charge in [0, 0.05) is 11.4 Å². The normalized spacial score (nSPS) is 15.3. The first-order valence-electron chi connectivity index (χ1n) is 4.00. The van der Waals surface area contributed by atoms with E-state index in [2.05, 4.69) is 35.4 Å². The number of hydrogen-bond acceptors (Lipinski definition) is 1. The van der Waals surface area contributed by atoms with Gasteiger partial charge in [-0.05, 0) is 29.0 Å². The van der Waals surface area contributed by atoms with E-state index >= 15 is 0 Å². The highest BCUT2D eigenvalue weighted by Crippen LogP contribution is 2.09. The van der Waals surface area contributed by atoms with Crippen LogP contribution in [0.2, 0.25) is 0 Å². The van der Waals surface area contributed by atoms with Crippen molar-refractivity contribution in [2.75, 3.05) is 0 Å². The topological polar surface area (TPSA) is 12.4 Å². The van der Waals surface area contributed by atoms with Crippen molar-refractivity contribution in [3.63, 3.8) is 0 Å². The van der Waals surface area contributed by atoms with Gasteiger partial charge in [-0.3, -0.25) is 4.99 Å². The van der Waals surface area contributed by atoms with Gasteiger partial charge >= 0.3 is 0 Å². The van der Waals surface area contributed by atoms with Gasteiger partial charge in [0.2, 0.25) is 0 Å². The molecule has 1 aliphatic heterocycles. The maximum atomic E-state index is 4.25. The molecule has 0 unspecified atom stereocenters. The summed E-state index contributed by atoms with van der Waals surface area (Å²) in [4.78, 5) is 4.25. The summed E-state index contributed by atoms with van der Waals surface area (Å²) in [5.74, 6) is 0.